The molecule has 0 radical (unpaired) electrons. The van der Waals surface area contributed by atoms with Crippen LogP contribution in [0.4, 0.5) is 8.78 Å². The smallest absolute Gasteiger partial charge is 0.223 e. The number of carbonyl (C=O) groups is 1. The number of hydrogen-bond donors (Lipinski definition) is 1. The molecule has 1 amide bonds. The minimum absolute atomic E-state index is 0.139. The van der Waals surface area contributed by atoms with Crippen molar-refractivity contribution in [1.82, 2.24) is 9.62 Å². The molecule has 1 saturated heterocycles. The first kappa shape index (κ1) is 21.4. The van der Waals surface area contributed by atoms with E-state index in [1.807, 2.05) is 6.92 Å². The van der Waals surface area contributed by atoms with Gasteiger partial charge in [0.25, 0.3) is 0 Å². The lowest BCUT2D eigenvalue weighted by Crippen LogP contribution is -2.43. The first-order chi connectivity index (χ1) is 13.8. The van der Waals surface area contributed by atoms with Crippen LogP contribution in [0, 0.1) is 17.6 Å². The lowest BCUT2D eigenvalue weighted by molar-refractivity contribution is -0.126. The fourth-order valence-corrected chi connectivity index (χ4v) is 5.04. The normalized spacial score (nSPS) is 17.1. The molecule has 2 aromatic rings. The van der Waals surface area contributed by atoms with Crippen LogP contribution in [0.2, 0.25) is 0 Å². The Morgan fingerprint density at radius 2 is 1.72 bits per heavy atom. The summed E-state index contributed by atoms with van der Waals surface area (Å²) in [5.74, 6) is -1.71. The molecule has 5 nitrogen and oxygen atoms in total. The van der Waals surface area contributed by atoms with Crippen molar-refractivity contribution < 1.29 is 22.0 Å². The van der Waals surface area contributed by atoms with Crippen molar-refractivity contribution in [3.8, 4) is 0 Å². The molecule has 1 fully saturated rings. The van der Waals surface area contributed by atoms with Gasteiger partial charge in [-0.2, -0.15) is 0 Å². The molecule has 1 atom stereocenters. The van der Waals surface area contributed by atoms with Gasteiger partial charge < -0.3 is 5.32 Å². The number of hydrogen-bond acceptors (Lipinski definition) is 3. The SMILES string of the molecule is C[C@@H](NC(=O)C1CCN(S(=O)(=O)Cc2ccccc2F)CC1)c1ccc(F)cc1. The summed E-state index contributed by atoms with van der Waals surface area (Å²) >= 11 is 0. The number of nitrogens with one attached hydrogen (secondary N) is 1. The minimum atomic E-state index is -3.65. The number of nitrogens with zero attached hydrogens (tertiary/aromatic N) is 1. The van der Waals surface area contributed by atoms with E-state index in [1.54, 1.807) is 18.2 Å². The van der Waals surface area contributed by atoms with Gasteiger partial charge >= 0.3 is 0 Å². The molecule has 1 heterocycles. The zero-order chi connectivity index (χ0) is 21.0. The van der Waals surface area contributed by atoms with Gasteiger partial charge in [-0.15, -0.1) is 0 Å². The second kappa shape index (κ2) is 9.00. The predicted molar refractivity (Wildman–Crippen MR) is 106 cm³/mol. The number of carbonyl (C=O) groups excluding carboxylic acids is 1. The maximum Gasteiger partial charge on any atom is 0.223 e. The van der Waals surface area contributed by atoms with Crippen LogP contribution in [0.25, 0.3) is 0 Å². The molecular formula is C21H24F2N2O3S. The van der Waals surface area contributed by atoms with Gasteiger partial charge in [-0.3, -0.25) is 4.79 Å². The number of amides is 1. The Labute approximate surface area is 169 Å². The number of halogens is 2. The van der Waals surface area contributed by atoms with E-state index < -0.39 is 21.6 Å². The largest absolute Gasteiger partial charge is 0.349 e. The predicted octanol–water partition coefficient (Wildman–Crippen LogP) is 3.38. The molecule has 8 heteroatoms. The van der Waals surface area contributed by atoms with E-state index in [2.05, 4.69) is 5.32 Å². The van der Waals surface area contributed by atoms with E-state index in [0.29, 0.717) is 12.8 Å². The Bertz CT molecular complexity index is 956. The van der Waals surface area contributed by atoms with Crippen molar-refractivity contribution in [2.24, 2.45) is 5.92 Å². The van der Waals surface area contributed by atoms with E-state index >= 15 is 0 Å². The van der Waals surface area contributed by atoms with Gasteiger partial charge in [0.1, 0.15) is 11.6 Å². The van der Waals surface area contributed by atoms with Crippen LogP contribution >= 0.6 is 0 Å². The van der Waals surface area contributed by atoms with Crippen molar-refractivity contribution in [3.05, 3.63) is 71.3 Å². The van der Waals surface area contributed by atoms with Gasteiger partial charge in [-0.1, -0.05) is 30.3 Å². The number of sulfonamides is 1. The Balaban J connectivity index is 1.54. The maximum absolute atomic E-state index is 13.8. The Kier molecular flexibility index (Phi) is 6.64. The van der Waals surface area contributed by atoms with Crippen LogP contribution in [-0.4, -0.2) is 31.7 Å². The Morgan fingerprint density at radius 3 is 2.34 bits per heavy atom. The first-order valence-corrected chi connectivity index (χ1v) is 11.1. The molecule has 0 aliphatic carbocycles. The van der Waals surface area contributed by atoms with Crippen LogP contribution in [0.3, 0.4) is 0 Å². The topological polar surface area (TPSA) is 66.5 Å². The molecule has 2 aromatic carbocycles. The van der Waals surface area contributed by atoms with Gasteiger partial charge in [-0.25, -0.2) is 21.5 Å². The van der Waals surface area contributed by atoms with Gasteiger partial charge in [0.05, 0.1) is 11.8 Å². The number of benzene rings is 2. The van der Waals surface area contributed by atoms with Crippen molar-refractivity contribution in [3.63, 3.8) is 0 Å². The highest BCUT2D eigenvalue weighted by Gasteiger charge is 2.32. The monoisotopic (exact) mass is 422 g/mol. The van der Waals surface area contributed by atoms with E-state index in [1.165, 1.54) is 34.6 Å². The molecular weight excluding hydrogens is 398 g/mol. The average Bonchev–Trinajstić information content (AvgIpc) is 2.70. The molecule has 3 rings (SSSR count). The zero-order valence-electron chi connectivity index (χ0n) is 16.1. The maximum atomic E-state index is 13.8. The molecule has 0 spiro atoms. The summed E-state index contributed by atoms with van der Waals surface area (Å²) < 4.78 is 53.3. The second-order valence-electron chi connectivity index (χ2n) is 7.30. The van der Waals surface area contributed by atoms with E-state index in [-0.39, 0.29) is 42.3 Å². The van der Waals surface area contributed by atoms with Gasteiger partial charge in [0, 0.05) is 24.6 Å². The molecule has 0 saturated carbocycles. The summed E-state index contributed by atoms with van der Waals surface area (Å²) in [6.45, 7) is 2.26. The van der Waals surface area contributed by atoms with Gasteiger partial charge in [0.15, 0.2) is 0 Å². The summed E-state index contributed by atoms with van der Waals surface area (Å²) in [4.78, 5) is 12.5. The number of rotatable bonds is 6. The van der Waals surface area contributed by atoms with Crippen molar-refractivity contribution in [2.45, 2.75) is 31.6 Å². The Hall–Kier alpha value is -2.32. The third-order valence-corrected chi connectivity index (χ3v) is 7.07. The van der Waals surface area contributed by atoms with Crippen LogP contribution < -0.4 is 5.32 Å². The Morgan fingerprint density at radius 1 is 1.10 bits per heavy atom. The van der Waals surface area contributed by atoms with Crippen LogP contribution in [-0.2, 0) is 20.6 Å². The fraction of sp³-hybridized carbons (Fsp3) is 0.381. The molecule has 0 bridgehead atoms. The third kappa shape index (κ3) is 5.39. The lowest BCUT2D eigenvalue weighted by atomic mass is 9.96. The molecule has 1 aliphatic heterocycles. The fourth-order valence-electron chi connectivity index (χ4n) is 3.47. The average molecular weight is 422 g/mol. The molecule has 1 N–H and O–H groups in total. The molecule has 0 unspecified atom stereocenters. The van der Waals surface area contributed by atoms with Crippen LogP contribution in [0.5, 0.6) is 0 Å². The van der Waals surface area contributed by atoms with Crippen molar-refractivity contribution in [2.75, 3.05) is 13.1 Å². The quantitative estimate of drug-likeness (QED) is 0.776. The van der Waals surface area contributed by atoms with Gasteiger partial charge in [0.2, 0.25) is 15.9 Å². The summed E-state index contributed by atoms with van der Waals surface area (Å²) in [6.07, 6.45) is 0.803. The molecule has 0 aromatic heterocycles. The highest BCUT2D eigenvalue weighted by atomic mass is 32.2. The standard InChI is InChI=1S/C21H24F2N2O3S/c1-15(16-6-8-19(22)9-7-16)24-21(26)17-10-12-25(13-11-17)29(27,28)14-18-4-2-3-5-20(18)23/h2-9,15,17H,10-14H2,1H3,(H,24,26)/t15-/m1/s1. The highest BCUT2D eigenvalue weighted by Crippen LogP contribution is 2.23. The van der Waals surface area contributed by atoms with Crippen LogP contribution in [0.1, 0.15) is 36.9 Å². The van der Waals surface area contributed by atoms with Crippen LogP contribution in [0.15, 0.2) is 48.5 Å². The summed E-state index contributed by atoms with van der Waals surface area (Å²) in [7, 11) is -3.65. The van der Waals surface area contributed by atoms with Crippen molar-refractivity contribution in [1.29, 1.82) is 0 Å². The van der Waals surface area contributed by atoms with E-state index in [9.17, 15) is 22.0 Å². The minimum Gasteiger partial charge on any atom is -0.349 e. The highest BCUT2D eigenvalue weighted by molar-refractivity contribution is 7.88. The molecule has 156 valence electrons. The summed E-state index contributed by atoms with van der Waals surface area (Å²) in [5.41, 5.74) is 0.935. The molecule has 1 aliphatic rings. The summed E-state index contributed by atoms with van der Waals surface area (Å²) in [6, 6.07) is 11.5. The van der Waals surface area contributed by atoms with Gasteiger partial charge in [-0.05, 0) is 43.5 Å². The first-order valence-electron chi connectivity index (χ1n) is 9.53. The third-order valence-electron chi connectivity index (χ3n) is 5.24. The second-order valence-corrected chi connectivity index (χ2v) is 9.27. The number of piperidine rings is 1. The molecule has 29 heavy (non-hydrogen) atoms. The van der Waals surface area contributed by atoms with E-state index in [0.717, 1.165) is 5.56 Å². The van der Waals surface area contributed by atoms with Crippen molar-refractivity contribution >= 4 is 15.9 Å². The van der Waals surface area contributed by atoms with E-state index in [4.69, 9.17) is 0 Å². The zero-order valence-corrected chi connectivity index (χ0v) is 17.0. The summed E-state index contributed by atoms with van der Waals surface area (Å²) in [5, 5.41) is 2.91. The lowest BCUT2D eigenvalue weighted by Gasteiger charge is -2.31.